The first-order valence-electron chi connectivity index (χ1n) is 9.38. The van der Waals surface area contributed by atoms with E-state index < -0.39 is 0 Å². The highest BCUT2D eigenvalue weighted by Gasteiger charge is 2.18. The molecule has 0 aliphatic carbocycles. The molecule has 28 heavy (non-hydrogen) atoms. The maximum Gasteiger partial charge on any atom is 0.227 e. The molecular formula is C21H21ClN4O2. The summed E-state index contributed by atoms with van der Waals surface area (Å²) in [4.78, 5) is 19.0. The molecular weight excluding hydrogens is 376 g/mol. The maximum atomic E-state index is 12.3. The van der Waals surface area contributed by atoms with Crippen LogP contribution in [0.25, 0.3) is 11.4 Å². The molecule has 2 aromatic carbocycles. The molecule has 0 spiro atoms. The molecule has 0 unspecified atom stereocenters. The summed E-state index contributed by atoms with van der Waals surface area (Å²) in [6.45, 7) is 4.15. The third-order valence-corrected chi connectivity index (χ3v) is 5.13. The second kappa shape index (κ2) is 8.02. The van der Waals surface area contributed by atoms with Crippen molar-refractivity contribution < 1.29 is 9.32 Å². The summed E-state index contributed by atoms with van der Waals surface area (Å²) in [5.74, 6) is 0.851. The second-order valence-corrected chi connectivity index (χ2v) is 7.18. The Kier molecular flexibility index (Phi) is 5.30. The van der Waals surface area contributed by atoms with Crippen LogP contribution in [0, 0.1) is 0 Å². The first-order chi connectivity index (χ1) is 13.6. The van der Waals surface area contributed by atoms with Crippen molar-refractivity contribution in [3.8, 4) is 11.4 Å². The quantitative estimate of drug-likeness (QED) is 0.670. The van der Waals surface area contributed by atoms with E-state index >= 15 is 0 Å². The minimum Gasteiger partial charge on any atom is -0.371 e. The van der Waals surface area contributed by atoms with Crippen LogP contribution >= 0.6 is 11.6 Å². The number of aryl methyl sites for hydroxylation is 1. The number of hydrogen-bond donors (Lipinski definition) is 1. The Morgan fingerprint density at radius 1 is 1.25 bits per heavy atom. The monoisotopic (exact) mass is 396 g/mol. The van der Waals surface area contributed by atoms with Gasteiger partial charge in [0.2, 0.25) is 17.6 Å². The van der Waals surface area contributed by atoms with Gasteiger partial charge in [-0.2, -0.15) is 4.98 Å². The summed E-state index contributed by atoms with van der Waals surface area (Å²) in [5, 5.41) is 7.58. The van der Waals surface area contributed by atoms with Crippen molar-refractivity contribution >= 4 is 28.9 Å². The van der Waals surface area contributed by atoms with Crippen LogP contribution in [0.15, 0.2) is 47.0 Å². The van der Waals surface area contributed by atoms with Crippen LogP contribution < -0.4 is 10.2 Å². The predicted octanol–water partition coefficient (Wildman–Crippen LogP) is 4.34. The van der Waals surface area contributed by atoms with Crippen LogP contribution in [0.3, 0.4) is 0 Å². The lowest BCUT2D eigenvalue weighted by Crippen LogP contribution is -2.19. The van der Waals surface area contributed by atoms with E-state index in [2.05, 4.69) is 39.4 Å². The van der Waals surface area contributed by atoms with Crippen LogP contribution in [-0.2, 0) is 17.6 Å². The molecule has 4 rings (SSSR count). The van der Waals surface area contributed by atoms with Gasteiger partial charge in [-0.1, -0.05) is 22.8 Å². The minimum atomic E-state index is -0.0766. The van der Waals surface area contributed by atoms with Gasteiger partial charge in [0.1, 0.15) is 0 Å². The smallest absolute Gasteiger partial charge is 0.227 e. The Morgan fingerprint density at radius 3 is 2.86 bits per heavy atom. The summed E-state index contributed by atoms with van der Waals surface area (Å²) < 4.78 is 5.26. The Balaban J connectivity index is 1.35. The minimum absolute atomic E-state index is 0.0766. The average molecular weight is 397 g/mol. The van der Waals surface area contributed by atoms with Crippen molar-refractivity contribution in [3.63, 3.8) is 0 Å². The summed E-state index contributed by atoms with van der Waals surface area (Å²) in [6.07, 6.45) is 1.72. The maximum absolute atomic E-state index is 12.3. The van der Waals surface area contributed by atoms with Gasteiger partial charge in [-0.3, -0.25) is 4.79 Å². The van der Waals surface area contributed by atoms with Gasteiger partial charge in [-0.25, -0.2) is 0 Å². The number of carbonyl (C=O) groups excluding carboxylic acids is 1. The highest BCUT2D eigenvalue weighted by Crippen LogP contribution is 2.30. The number of aromatic nitrogens is 2. The molecule has 0 radical (unpaired) electrons. The average Bonchev–Trinajstić information content (AvgIpc) is 3.33. The van der Waals surface area contributed by atoms with E-state index in [1.54, 1.807) is 12.1 Å². The number of carbonyl (C=O) groups is 1. The van der Waals surface area contributed by atoms with Crippen LogP contribution in [0.5, 0.6) is 0 Å². The number of fused-ring (bicyclic) bond motifs is 1. The predicted molar refractivity (Wildman–Crippen MR) is 110 cm³/mol. The van der Waals surface area contributed by atoms with Crippen molar-refractivity contribution in [2.45, 2.75) is 26.2 Å². The summed E-state index contributed by atoms with van der Waals surface area (Å²) in [7, 11) is 0. The fraction of sp³-hybridized carbons (Fsp3) is 0.286. The number of amides is 1. The zero-order valence-corrected chi connectivity index (χ0v) is 16.4. The lowest BCUT2D eigenvalue weighted by Gasteiger charge is -2.17. The van der Waals surface area contributed by atoms with Gasteiger partial charge < -0.3 is 14.7 Å². The third kappa shape index (κ3) is 4.02. The van der Waals surface area contributed by atoms with Crippen molar-refractivity contribution in [1.29, 1.82) is 0 Å². The number of rotatable bonds is 6. The highest BCUT2D eigenvalue weighted by molar-refractivity contribution is 6.30. The number of nitrogens with zero attached hydrogens (tertiary/aromatic N) is 3. The zero-order valence-electron chi connectivity index (χ0n) is 15.6. The van der Waals surface area contributed by atoms with E-state index in [-0.39, 0.29) is 12.3 Å². The van der Waals surface area contributed by atoms with Gasteiger partial charge in [0.15, 0.2) is 0 Å². The third-order valence-electron chi connectivity index (χ3n) is 4.88. The molecule has 1 amide bonds. The number of likely N-dealkylation sites (N-methyl/N-ethyl adjacent to an activating group) is 1. The molecule has 1 aliphatic rings. The molecule has 1 aliphatic heterocycles. The Hall–Kier alpha value is -2.86. The van der Waals surface area contributed by atoms with Crippen LogP contribution in [0.4, 0.5) is 11.4 Å². The number of hydrogen-bond acceptors (Lipinski definition) is 5. The number of nitrogens with one attached hydrogen (secondary N) is 1. The molecule has 0 saturated carbocycles. The van der Waals surface area contributed by atoms with Crippen molar-refractivity contribution in [2.24, 2.45) is 0 Å². The second-order valence-electron chi connectivity index (χ2n) is 6.74. The molecule has 7 heteroatoms. The van der Waals surface area contributed by atoms with Gasteiger partial charge in [-0.05, 0) is 55.3 Å². The molecule has 0 saturated heterocycles. The molecule has 3 aromatic rings. The number of benzene rings is 2. The highest BCUT2D eigenvalue weighted by atomic mass is 35.5. The van der Waals surface area contributed by atoms with E-state index in [1.165, 1.54) is 11.3 Å². The van der Waals surface area contributed by atoms with Crippen LogP contribution in [0.1, 0.15) is 24.8 Å². The first-order valence-corrected chi connectivity index (χ1v) is 9.76. The SMILES string of the molecule is CCN1CCc2ccc(NC(=O)CCc3nc(-c4ccc(Cl)cc4)no3)cc21. The molecule has 0 fully saturated rings. The molecule has 144 valence electrons. The standard InChI is InChI=1S/C21H21ClN4O2/c1-2-26-12-11-14-5-8-17(13-18(14)26)23-19(27)9-10-20-24-21(25-28-20)15-3-6-16(22)7-4-15/h3-8,13H,2,9-12H2,1H3,(H,23,27). The fourth-order valence-corrected chi connectivity index (χ4v) is 3.49. The lowest BCUT2D eigenvalue weighted by molar-refractivity contribution is -0.116. The molecule has 1 aromatic heterocycles. The molecule has 0 atom stereocenters. The summed E-state index contributed by atoms with van der Waals surface area (Å²) in [6, 6.07) is 13.3. The van der Waals surface area contributed by atoms with Gasteiger partial charge in [-0.15, -0.1) is 0 Å². The van der Waals surface area contributed by atoms with Crippen molar-refractivity contribution in [3.05, 3.63) is 58.9 Å². The Morgan fingerprint density at radius 2 is 2.07 bits per heavy atom. The molecule has 1 N–H and O–H groups in total. The Labute approximate surface area is 168 Å². The molecule has 6 nitrogen and oxygen atoms in total. The van der Waals surface area contributed by atoms with Gasteiger partial charge in [0.05, 0.1) is 0 Å². The van der Waals surface area contributed by atoms with Crippen LogP contribution in [0.2, 0.25) is 5.02 Å². The van der Waals surface area contributed by atoms with E-state index in [0.717, 1.165) is 30.8 Å². The molecule has 2 heterocycles. The summed E-state index contributed by atoms with van der Waals surface area (Å²) >= 11 is 5.89. The van der Waals surface area contributed by atoms with E-state index in [4.69, 9.17) is 16.1 Å². The molecule has 0 bridgehead atoms. The van der Waals surface area contributed by atoms with Gasteiger partial charge >= 0.3 is 0 Å². The topological polar surface area (TPSA) is 71.3 Å². The van der Waals surface area contributed by atoms with E-state index in [1.807, 2.05) is 18.2 Å². The lowest BCUT2D eigenvalue weighted by atomic mass is 10.1. The zero-order chi connectivity index (χ0) is 19.5. The normalized spacial score (nSPS) is 12.9. The van der Waals surface area contributed by atoms with Gasteiger partial charge in [0.25, 0.3) is 0 Å². The Bertz CT molecular complexity index is 984. The van der Waals surface area contributed by atoms with Crippen molar-refractivity contribution in [2.75, 3.05) is 23.3 Å². The van der Waals surface area contributed by atoms with Gasteiger partial charge in [0, 0.05) is 47.9 Å². The number of anilines is 2. The van der Waals surface area contributed by atoms with Crippen LogP contribution in [-0.4, -0.2) is 29.1 Å². The number of halogens is 1. The summed E-state index contributed by atoms with van der Waals surface area (Å²) in [5.41, 5.74) is 4.18. The van der Waals surface area contributed by atoms with Crippen molar-refractivity contribution in [1.82, 2.24) is 10.1 Å². The largest absolute Gasteiger partial charge is 0.371 e. The first kappa shape index (κ1) is 18.5. The van der Waals surface area contributed by atoms with E-state index in [0.29, 0.717) is 23.2 Å². The van der Waals surface area contributed by atoms with E-state index in [9.17, 15) is 4.79 Å². The fourth-order valence-electron chi connectivity index (χ4n) is 3.37.